The van der Waals surface area contributed by atoms with Gasteiger partial charge in [-0.2, -0.15) is 0 Å². The average molecular weight is 318 g/mol. The van der Waals surface area contributed by atoms with Crippen molar-refractivity contribution in [3.05, 3.63) is 65.7 Å². The highest BCUT2D eigenvalue weighted by Gasteiger charge is 2.25. The van der Waals surface area contributed by atoms with Gasteiger partial charge in [-0.05, 0) is 36.3 Å². The Bertz CT molecular complexity index is 655. The molecule has 0 unspecified atom stereocenters. The summed E-state index contributed by atoms with van der Waals surface area (Å²) in [4.78, 5) is 2.04. The normalized spacial score (nSPS) is 17.5. The number of rotatable bonds is 2. The predicted octanol–water partition coefficient (Wildman–Crippen LogP) is 4.15. The third-order valence-corrected chi connectivity index (χ3v) is 4.22. The highest BCUT2D eigenvalue weighted by molar-refractivity contribution is 7.80. The first-order valence-electron chi connectivity index (χ1n) is 7.19. The zero-order chi connectivity index (χ0) is 15.5. The second-order valence-corrected chi connectivity index (χ2v) is 5.82. The molecule has 1 aliphatic heterocycles. The molecule has 1 aliphatic rings. The highest BCUT2D eigenvalue weighted by atomic mass is 32.1. The van der Waals surface area contributed by atoms with Crippen molar-refractivity contribution in [2.24, 2.45) is 0 Å². The molecule has 1 heterocycles. The van der Waals surface area contributed by atoms with E-state index in [9.17, 15) is 8.78 Å². The van der Waals surface area contributed by atoms with Gasteiger partial charge in [0.15, 0.2) is 5.11 Å². The van der Waals surface area contributed by atoms with Crippen LogP contribution in [0, 0.1) is 11.6 Å². The number of hydrogen-bond acceptors (Lipinski definition) is 1. The lowest BCUT2D eigenvalue weighted by Gasteiger charge is -2.20. The summed E-state index contributed by atoms with van der Waals surface area (Å²) in [5.74, 6) is -0.798. The molecule has 0 amide bonds. The van der Waals surface area contributed by atoms with Crippen LogP contribution >= 0.6 is 12.2 Å². The van der Waals surface area contributed by atoms with Crippen LogP contribution in [0.15, 0.2) is 48.5 Å². The van der Waals surface area contributed by atoms with Gasteiger partial charge in [0.25, 0.3) is 0 Å². The standard InChI is InChI=1S/C17H16F2N2S/c18-14-8-15(19)10-16(9-14)20-17(22)21-7-6-13(11-21)12-4-2-1-3-5-12/h1-5,8-10,13H,6-7,11H2,(H,20,22)/t13-/m0/s1. The number of anilines is 1. The first-order chi connectivity index (χ1) is 10.6. The Labute approximate surface area is 133 Å². The van der Waals surface area contributed by atoms with Crippen molar-refractivity contribution in [2.75, 3.05) is 18.4 Å². The van der Waals surface area contributed by atoms with E-state index in [0.717, 1.165) is 25.6 Å². The van der Waals surface area contributed by atoms with Gasteiger partial charge in [-0.1, -0.05) is 30.3 Å². The minimum absolute atomic E-state index is 0.339. The molecule has 1 saturated heterocycles. The Hall–Kier alpha value is -2.01. The van der Waals surface area contributed by atoms with E-state index in [1.54, 1.807) is 0 Å². The molecule has 114 valence electrons. The van der Waals surface area contributed by atoms with Gasteiger partial charge in [0.1, 0.15) is 11.6 Å². The fourth-order valence-corrected chi connectivity index (χ4v) is 3.05. The lowest BCUT2D eigenvalue weighted by molar-refractivity contribution is 0.518. The molecule has 22 heavy (non-hydrogen) atoms. The van der Waals surface area contributed by atoms with E-state index in [1.807, 2.05) is 23.1 Å². The summed E-state index contributed by atoms with van der Waals surface area (Å²) in [6, 6.07) is 13.6. The van der Waals surface area contributed by atoms with Crippen molar-refractivity contribution in [1.29, 1.82) is 0 Å². The van der Waals surface area contributed by atoms with Gasteiger partial charge >= 0.3 is 0 Å². The molecule has 0 radical (unpaired) electrons. The molecule has 2 nitrogen and oxygen atoms in total. The zero-order valence-electron chi connectivity index (χ0n) is 11.9. The van der Waals surface area contributed by atoms with Gasteiger partial charge in [0.05, 0.1) is 0 Å². The first-order valence-corrected chi connectivity index (χ1v) is 7.59. The minimum Gasteiger partial charge on any atom is -0.348 e. The summed E-state index contributed by atoms with van der Waals surface area (Å²) >= 11 is 5.36. The Morgan fingerprint density at radius 1 is 1.09 bits per heavy atom. The maximum absolute atomic E-state index is 13.2. The van der Waals surface area contributed by atoms with E-state index in [4.69, 9.17) is 12.2 Å². The highest BCUT2D eigenvalue weighted by Crippen LogP contribution is 2.27. The third kappa shape index (κ3) is 3.42. The Balaban J connectivity index is 1.64. The SMILES string of the molecule is Fc1cc(F)cc(NC(=S)N2CC[C@H](c3ccccc3)C2)c1. The van der Waals surface area contributed by atoms with Crippen LogP contribution in [0.4, 0.5) is 14.5 Å². The van der Waals surface area contributed by atoms with Crippen molar-refractivity contribution in [1.82, 2.24) is 4.90 Å². The van der Waals surface area contributed by atoms with Crippen molar-refractivity contribution in [2.45, 2.75) is 12.3 Å². The summed E-state index contributed by atoms with van der Waals surface area (Å²) in [6.07, 6.45) is 1.02. The second-order valence-electron chi connectivity index (χ2n) is 5.43. The number of halogens is 2. The summed E-state index contributed by atoms with van der Waals surface area (Å²) in [5, 5.41) is 3.42. The molecule has 2 aromatic carbocycles. The number of nitrogens with zero attached hydrogens (tertiary/aromatic N) is 1. The Morgan fingerprint density at radius 3 is 2.45 bits per heavy atom. The van der Waals surface area contributed by atoms with Crippen LogP contribution < -0.4 is 5.32 Å². The molecule has 1 N–H and O–H groups in total. The molecular weight excluding hydrogens is 302 g/mol. The van der Waals surface area contributed by atoms with E-state index < -0.39 is 11.6 Å². The van der Waals surface area contributed by atoms with Crippen LogP contribution in [0.25, 0.3) is 0 Å². The van der Waals surface area contributed by atoms with E-state index in [-0.39, 0.29) is 0 Å². The van der Waals surface area contributed by atoms with Gasteiger partial charge in [-0.15, -0.1) is 0 Å². The van der Waals surface area contributed by atoms with Crippen LogP contribution in [0.1, 0.15) is 17.9 Å². The quantitative estimate of drug-likeness (QED) is 0.837. The lowest BCUT2D eigenvalue weighted by Crippen LogP contribution is -2.32. The van der Waals surface area contributed by atoms with E-state index >= 15 is 0 Å². The summed E-state index contributed by atoms with van der Waals surface area (Å²) in [5.41, 5.74) is 1.63. The molecular formula is C17H16F2N2S. The smallest absolute Gasteiger partial charge is 0.173 e. The minimum atomic E-state index is -0.617. The van der Waals surface area contributed by atoms with Crippen molar-refractivity contribution in [3.8, 4) is 0 Å². The molecule has 0 bridgehead atoms. The molecule has 3 rings (SSSR count). The first kappa shape index (κ1) is 14.9. The fourth-order valence-electron chi connectivity index (χ4n) is 2.77. The number of benzene rings is 2. The van der Waals surface area contributed by atoms with Crippen LogP contribution in [-0.4, -0.2) is 23.1 Å². The summed E-state index contributed by atoms with van der Waals surface area (Å²) in [7, 11) is 0. The maximum atomic E-state index is 13.2. The summed E-state index contributed by atoms with van der Waals surface area (Å²) in [6.45, 7) is 1.65. The largest absolute Gasteiger partial charge is 0.348 e. The fraction of sp³-hybridized carbons (Fsp3) is 0.235. The third-order valence-electron chi connectivity index (χ3n) is 3.86. The van der Waals surface area contributed by atoms with Gasteiger partial charge in [-0.3, -0.25) is 0 Å². The lowest BCUT2D eigenvalue weighted by atomic mass is 9.99. The van der Waals surface area contributed by atoms with Gasteiger partial charge < -0.3 is 10.2 Å². The van der Waals surface area contributed by atoms with Crippen molar-refractivity contribution in [3.63, 3.8) is 0 Å². The number of likely N-dealkylation sites (tertiary alicyclic amines) is 1. The van der Waals surface area contributed by atoms with Gasteiger partial charge in [-0.25, -0.2) is 8.78 Å². The molecule has 2 aromatic rings. The topological polar surface area (TPSA) is 15.3 Å². The van der Waals surface area contributed by atoms with Crippen LogP contribution in [-0.2, 0) is 0 Å². The predicted molar refractivity (Wildman–Crippen MR) is 88.0 cm³/mol. The van der Waals surface area contributed by atoms with E-state index in [2.05, 4.69) is 17.4 Å². The van der Waals surface area contributed by atoms with Gasteiger partial charge in [0, 0.05) is 30.8 Å². The maximum Gasteiger partial charge on any atom is 0.173 e. The number of hydrogen-bond donors (Lipinski definition) is 1. The number of thiocarbonyl (C=S) groups is 1. The Kier molecular flexibility index (Phi) is 4.34. The van der Waals surface area contributed by atoms with Gasteiger partial charge in [0.2, 0.25) is 0 Å². The van der Waals surface area contributed by atoms with Crippen LogP contribution in [0.3, 0.4) is 0 Å². The second kappa shape index (κ2) is 6.40. The summed E-state index contributed by atoms with van der Waals surface area (Å²) < 4.78 is 26.4. The van der Waals surface area contributed by atoms with Crippen LogP contribution in [0.5, 0.6) is 0 Å². The molecule has 0 spiro atoms. The van der Waals surface area contributed by atoms with Crippen molar-refractivity contribution < 1.29 is 8.78 Å². The molecule has 5 heteroatoms. The molecule has 0 aliphatic carbocycles. The molecule has 0 saturated carbocycles. The molecule has 1 atom stereocenters. The monoisotopic (exact) mass is 318 g/mol. The molecule has 1 fully saturated rings. The number of nitrogens with one attached hydrogen (secondary N) is 1. The van der Waals surface area contributed by atoms with E-state index in [0.29, 0.717) is 16.7 Å². The Morgan fingerprint density at radius 2 is 1.77 bits per heavy atom. The molecule has 0 aromatic heterocycles. The zero-order valence-corrected chi connectivity index (χ0v) is 12.7. The van der Waals surface area contributed by atoms with Crippen LogP contribution in [0.2, 0.25) is 0 Å². The van der Waals surface area contributed by atoms with Crippen molar-refractivity contribution >= 4 is 23.0 Å². The average Bonchev–Trinajstić information content (AvgIpc) is 2.97. The van der Waals surface area contributed by atoms with E-state index in [1.165, 1.54) is 17.7 Å².